The third-order valence-corrected chi connectivity index (χ3v) is 4.23. The highest BCUT2D eigenvalue weighted by Crippen LogP contribution is 2.12. The van der Waals surface area contributed by atoms with Crippen molar-refractivity contribution in [2.24, 2.45) is 0 Å². The lowest BCUT2D eigenvalue weighted by Crippen LogP contribution is -2.28. The predicted molar refractivity (Wildman–Crippen MR) is 106 cm³/mol. The predicted octanol–water partition coefficient (Wildman–Crippen LogP) is 2.65. The van der Waals surface area contributed by atoms with Crippen LogP contribution in [-0.4, -0.2) is 49.7 Å². The number of ether oxygens (including phenoxy) is 2. The first kappa shape index (κ1) is 20.0. The summed E-state index contributed by atoms with van der Waals surface area (Å²) in [4.78, 5) is 36.6. The van der Waals surface area contributed by atoms with E-state index in [0.29, 0.717) is 36.5 Å². The van der Waals surface area contributed by atoms with E-state index >= 15 is 0 Å². The summed E-state index contributed by atoms with van der Waals surface area (Å²) in [7, 11) is 1.33. The van der Waals surface area contributed by atoms with Crippen LogP contribution >= 0.6 is 0 Å². The first-order valence-corrected chi connectivity index (χ1v) is 9.07. The van der Waals surface area contributed by atoms with Crippen molar-refractivity contribution in [2.45, 2.75) is 6.42 Å². The normalized spacial score (nSPS) is 12.6. The van der Waals surface area contributed by atoms with Crippen LogP contribution in [0.3, 0.4) is 0 Å². The Balaban J connectivity index is 1.61. The van der Waals surface area contributed by atoms with Gasteiger partial charge in [0.15, 0.2) is 0 Å². The lowest BCUT2D eigenvalue weighted by molar-refractivity contribution is -0.116. The lowest BCUT2D eigenvalue weighted by Gasteiger charge is -2.12. The average molecular weight is 392 g/mol. The van der Waals surface area contributed by atoms with Gasteiger partial charge in [0.2, 0.25) is 5.91 Å². The van der Waals surface area contributed by atoms with Crippen molar-refractivity contribution < 1.29 is 23.9 Å². The highest BCUT2D eigenvalue weighted by molar-refractivity contribution is 5.91. The minimum Gasteiger partial charge on any atom is -0.465 e. The number of anilines is 1. The Hall–Kier alpha value is -3.79. The van der Waals surface area contributed by atoms with E-state index < -0.39 is 5.97 Å². The molecule has 148 valence electrons. The minimum absolute atomic E-state index is 0.186. The maximum Gasteiger partial charge on any atom is 0.409 e. The molecule has 1 aliphatic heterocycles. The molecule has 0 unspecified atom stereocenters. The molecule has 0 saturated carbocycles. The van der Waals surface area contributed by atoms with Gasteiger partial charge in [0.05, 0.1) is 19.2 Å². The summed E-state index contributed by atoms with van der Waals surface area (Å²) in [6.07, 6.45) is -0.197. The Morgan fingerprint density at radius 2 is 1.86 bits per heavy atom. The van der Waals surface area contributed by atoms with Gasteiger partial charge in [-0.2, -0.15) is 0 Å². The zero-order valence-corrected chi connectivity index (χ0v) is 15.9. The van der Waals surface area contributed by atoms with Crippen molar-refractivity contribution in [1.82, 2.24) is 4.90 Å². The van der Waals surface area contributed by atoms with Gasteiger partial charge in [-0.25, -0.2) is 9.59 Å². The number of hydrogen-bond donors (Lipinski definition) is 1. The molecular formula is C22H20N2O5. The Kier molecular flexibility index (Phi) is 6.48. The maximum absolute atomic E-state index is 12.1. The molecular weight excluding hydrogens is 372 g/mol. The molecule has 0 spiro atoms. The monoisotopic (exact) mass is 392 g/mol. The van der Waals surface area contributed by atoms with Gasteiger partial charge in [0.1, 0.15) is 6.61 Å². The first-order chi connectivity index (χ1) is 14.0. The molecule has 0 atom stereocenters. The van der Waals surface area contributed by atoms with Crippen molar-refractivity contribution in [2.75, 3.05) is 32.1 Å². The van der Waals surface area contributed by atoms with Crippen molar-refractivity contribution in [1.29, 1.82) is 0 Å². The molecule has 1 aliphatic rings. The second-order valence-electron chi connectivity index (χ2n) is 6.30. The van der Waals surface area contributed by atoms with Crippen LogP contribution in [0.25, 0.3) is 0 Å². The lowest BCUT2D eigenvalue weighted by atomic mass is 10.1. The fourth-order valence-corrected chi connectivity index (χ4v) is 2.75. The summed E-state index contributed by atoms with van der Waals surface area (Å²) in [6, 6.07) is 14.0. The van der Waals surface area contributed by atoms with Gasteiger partial charge in [-0.1, -0.05) is 24.0 Å². The van der Waals surface area contributed by atoms with E-state index in [9.17, 15) is 14.4 Å². The van der Waals surface area contributed by atoms with Crippen LogP contribution in [0.1, 0.15) is 27.9 Å². The topological polar surface area (TPSA) is 84.9 Å². The molecule has 0 aromatic heterocycles. The third kappa shape index (κ3) is 5.59. The van der Waals surface area contributed by atoms with Gasteiger partial charge in [-0.15, -0.1) is 0 Å². The van der Waals surface area contributed by atoms with E-state index in [1.807, 2.05) is 6.07 Å². The molecule has 7 nitrogen and oxygen atoms in total. The number of carbonyl (C=O) groups is 3. The van der Waals surface area contributed by atoms with E-state index in [4.69, 9.17) is 9.47 Å². The van der Waals surface area contributed by atoms with E-state index in [1.54, 1.807) is 42.5 Å². The number of nitrogens with zero attached hydrogens (tertiary/aromatic N) is 1. The molecule has 0 aliphatic carbocycles. The van der Waals surface area contributed by atoms with Crippen LogP contribution < -0.4 is 5.32 Å². The minimum atomic E-state index is -0.416. The van der Waals surface area contributed by atoms with Crippen LogP contribution in [0.5, 0.6) is 0 Å². The van der Waals surface area contributed by atoms with Gasteiger partial charge in [0.25, 0.3) is 0 Å². The molecule has 0 bridgehead atoms. The van der Waals surface area contributed by atoms with E-state index in [2.05, 4.69) is 17.2 Å². The van der Waals surface area contributed by atoms with Crippen LogP contribution in [0, 0.1) is 11.8 Å². The Bertz CT molecular complexity index is 990. The number of carbonyl (C=O) groups excluding carboxylic acids is 3. The van der Waals surface area contributed by atoms with Crippen molar-refractivity contribution >= 4 is 23.7 Å². The largest absolute Gasteiger partial charge is 0.465 e. The van der Waals surface area contributed by atoms with E-state index in [1.165, 1.54) is 12.0 Å². The van der Waals surface area contributed by atoms with Gasteiger partial charge in [-0.3, -0.25) is 4.79 Å². The molecule has 1 saturated heterocycles. The molecule has 3 rings (SSSR count). The van der Waals surface area contributed by atoms with Crippen LogP contribution in [0.4, 0.5) is 10.5 Å². The van der Waals surface area contributed by atoms with Crippen LogP contribution in [0.15, 0.2) is 48.5 Å². The molecule has 2 amide bonds. The highest BCUT2D eigenvalue weighted by Gasteiger charge is 2.22. The number of benzene rings is 2. The summed E-state index contributed by atoms with van der Waals surface area (Å²) in [5.74, 6) is 5.41. The fourth-order valence-electron chi connectivity index (χ4n) is 2.75. The van der Waals surface area contributed by atoms with E-state index in [0.717, 1.165) is 5.56 Å². The number of cyclic esters (lactones) is 1. The van der Waals surface area contributed by atoms with E-state index in [-0.39, 0.29) is 18.4 Å². The Morgan fingerprint density at radius 3 is 2.55 bits per heavy atom. The van der Waals surface area contributed by atoms with Crippen molar-refractivity contribution in [3.8, 4) is 11.8 Å². The molecule has 2 aromatic rings. The maximum atomic E-state index is 12.1. The second kappa shape index (κ2) is 9.42. The molecule has 1 heterocycles. The summed E-state index contributed by atoms with van der Waals surface area (Å²) >= 11 is 0. The first-order valence-electron chi connectivity index (χ1n) is 9.07. The van der Waals surface area contributed by atoms with Gasteiger partial charge >= 0.3 is 12.1 Å². The Labute approximate surface area is 168 Å². The SMILES string of the molecule is COC(=O)c1cccc(C#Cc2cccc(NC(=O)CCN3CCOC3=O)c2)c1. The van der Waals surface area contributed by atoms with Crippen molar-refractivity contribution in [3.63, 3.8) is 0 Å². The number of rotatable bonds is 5. The average Bonchev–Trinajstić information content (AvgIpc) is 3.15. The van der Waals surface area contributed by atoms with Gasteiger partial charge in [-0.05, 0) is 36.4 Å². The fraction of sp³-hybridized carbons (Fsp3) is 0.227. The van der Waals surface area contributed by atoms with Crippen LogP contribution in [-0.2, 0) is 14.3 Å². The molecule has 0 radical (unpaired) electrons. The number of amides is 2. The molecule has 7 heteroatoms. The highest BCUT2D eigenvalue weighted by atomic mass is 16.6. The standard InChI is InChI=1S/C22H20N2O5/c1-28-21(26)18-6-2-4-16(14-18)8-9-17-5-3-7-19(15-17)23-20(25)10-11-24-12-13-29-22(24)27/h2-7,14-15H,10-13H2,1H3,(H,23,25). The van der Waals surface area contributed by atoms with Gasteiger partial charge in [0, 0.05) is 29.8 Å². The second-order valence-corrected chi connectivity index (χ2v) is 6.30. The third-order valence-electron chi connectivity index (χ3n) is 4.23. The quantitative estimate of drug-likeness (QED) is 0.625. The molecule has 1 fully saturated rings. The smallest absolute Gasteiger partial charge is 0.409 e. The number of esters is 1. The zero-order chi connectivity index (χ0) is 20.6. The summed E-state index contributed by atoms with van der Waals surface area (Å²) in [5.41, 5.74) is 2.45. The van der Waals surface area contributed by atoms with Crippen LogP contribution in [0.2, 0.25) is 0 Å². The number of methoxy groups -OCH3 is 1. The summed E-state index contributed by atoms with van der Waals surface area (Å²) in [6.45, 7) is 1.19. The zero-order valence-electron chi connectivity index (χ0n) is 15.9. The molecule has 2 aromatic carbocycles. The number of nitrogens with one attached hydrogen (secondary N) is 1. The van der Waals surface area contributed by atoms with Crippen molar-refractivity contribution in [3.05, 3.63) is 65.2 Å². The molecule has 1 N–H and O–H groups in total. The number of hydrogen-bond acceptors (Lipinski definition) is 5. The van der Waals surface area contributed by atoms with Gasteiger partial charge < -0.3 is 19.7 Å². The summed E-state index contributed by atoms with van der Waals surface area (Å²) < 4.78 is 9.55. The molecule has 29 heavy (non-hydrogen) atoms. The Morgan fingerprint density at radius 1 is 1.14 bits per heavy atom. The summed E-state index contributed by atoms with van der Waals surface area (Å²) in [5, 5.41) is 2.80.